The van der Waals surface area contributed by atoms with Crippen molar-refractivity contribution in [2.75, 3.05) is 26.3 Å². The number of nitrogens with one attached hydrogen (secondary N) is 2. The average molecular weight is 243 g/mol. The molecule has 98 valence electrons. The van der Waals surface area contributed by atoms with Gasteiger partial charge in [-0.1, -0.05) is 0 Å². The third-order valence-electron chi connectivity index (χ3n) is 2.82. The summed E-state index contributed by atoms with van der Waals surface area (Å²) in [5.74, 6) is -0.406. The topological polar surface area (TPSA) is 93.4 Å². The molecule has 2 atom stereocenters. The maximum absolute atomic E-state index is 11.7. The van der Waals surface area contributed by atoms with Gasteiger partial charge in [-0.15, -0.1) is 0 Å². The normalized spacial score (nSPS) is 24.3. The number of ether oxygens (including phenoxy) is 1. The Morgan fingerprint density at radius 1 is 1.47 bits per heavy atom. The highest BCUT2D eigenvalue weighted by Crippen LogP contribution is 2.13. The summed E-state index contributed by atoms with van der Waals surface area (Å²) in [5.41, 5.74) is 4.90. The van der Waals surface area contributed by atoms with Gasteiger partial charge < -0.3 is 21.1 Å². The van der Waals surface area contributed by atoms with Gasteiger partial charge in [-0.25, -0.2) is 0 Å². The van der Waals surface area contributed by atoms with E-state index in [9.17, 15) is 9.59 Å². The van der Waals surface area contributed by atoms with Gasteiger partial charge in [0.05, 0.1) is 12.5 Å². The minimum absolute atomic E-state index is 0.0438. The Labute approximate surface area is 101 Å². The van der Waals surface area contributed by atoms with Crippen LogP contribution in [0, 0.1) is 5.92 Å². The number of nitrogens with two attached hydrogens (primary N) is 1. The molecule has 0 aromatic heterocycles. The number of rotatable bonds is 6. The molecule has 17 heavy (non-hydrogen) atoms. The summed E-state index contributed by atoms with van der Waals surface area (Å²) < 4.78 is 4.94. The van der Waals surface area contributed by atoms with Gasteiger partial charge in [-0.2, -0.15) is 0 Å². The van der Waals surface area contributed by atoms with Crippen molar-refractivity contribution in [2.45, 2.75) is 25.8 Å². The predicted molar refractivity (Wildman–Crippen MR) is 63.2 cm³/mol. The molecule has 0 saturated carbocycles. The Morgan fingerprint density at radius 2 is 2.24 bits per heavy atom. The van der Waals surface area contributed by atoms with Crippen LogP contribution in [0.3, 0.4) is 0 Å². The van der Waals surface area contributed by atoms with Gasteiger partial charge in [-0.05, 0) is 19.8 Å². The maximum atomic E-state index is 11.7. The highest BCUT2D eigenvalue weighted by atomic mass is 16.5. The van der Waals surface area contributed by atoms with Crippen LogP contribution in [0.2, 0.25) is 0 Å². The molecular formula is C11H21N3O3. The van der Waals surface area contributed by atoms with Gasteiger partial charge in [0.2, 0.25) is 11.8 Å². The minimum atomic E-state index is -0.498. The number of carbonyl (C=O) groups is 2. The van der Waals surface area contributed by atoms with E-state index in [-0.39, 0.29) is 18.4 Å². The summed E-state index contributed by atoms with van der Waals surface area (Å²) >= 11 is 0. The highest BCUT2D eigenvalue weighted by Gasteiger charge is 2.23. The van der Waals surface area contributed by atoms with Crippen molar-refractivity contribution in [3.8, 4) is 0 Å². The second kappa shape index (κ2) is 7.24. The fraction of sp³-hybridized carbons (Fsp3) is 0.818. The van der Waals surface area contributed by atoms with Crippen LogP contribution in [0.4, 0.5) is 0 Å². The minimum Gasteiger partial charge on any atom is -0.370 e. The Morgan fingerprint density at radius 3 is 2.82 bits per heavy atom. The number of piperidine rings is 1. The fourth-order valence-corrected chi connectivity index (χ4v) is 1.79. The SMILES string of the molecule is CC1CCC(C(=O)NCCOCC(N)=O)CN1. The zero-order valence-electron chi connectivity index (χ0n) is 10.2. The molecule has 0 aliphatic carbocycles. The van der Waals surface area contributed by atoms with Crippen LogP contribution < -0.4 is 16.4 Å². The van der Waals surface area contributed by atoms with E-state index in [2.05, 4.69) is 17.6 Å². The van der Waals surface area contributed by atoms with Crippen LogP contribution in [0.5, 0.6) is 0 Å². The fourth-order valence-electron chi connectivity index (χ4n) is 1.79. The summed E-state index contributed by atoms with van der Waals surface area (Å²) in [6.45, 7) is 3.47. The third-order valence-corrected chi connectivity index (χ3v) is 2.82. The van der Waals surface area contributed by atoms with Crippen molar-refractivity contribution < 1.29 is 14.3 Å². The first-order chi connectivity index (χ1) is 8.09. The second-order valence-corrected chi connectivity index (χ2v) is 4.39. The van der Waals surface area contributed by atoms with Gasteiger partial charge in [0.1, 0.15) is 6.61 Å². The summed E-state index contributed by atoms with van der Waals surface area (Å²) in [5, 5.41) is 6.06. The summed E-state index contributed by atoms with van der Waals surface area (Å²) in [6.07, 6.45) is 1.94. The van der Waals surface area contributed by atoms with E-state index in [0.29, 0.717) is 19.2 Å². The number of hydrogen-bond donors (Lipinski definition) is 3. The maximum Gasteiger partial charge on any atom is 0.243 e. The van der Waals surface area contributed by atoms with Crippen LogP contribution in [0.15, 0.2) is 0 Å². The molecule has 1 heterocycles. The van der Waals surface area contributed by atoms with E-state index in [1.54, 1.807) is 0 Å². The molecule has 0 aromatic carbocycles. The Balaban J connectivity index is 2.06. The van der Waals surface area contributed by atoms with Gasteiger partial charge in [0.25, 0.3) is 0 Å². The molecule has 1 saturated heterocycles. The van der Waals surface area contributed by atoms with Crippen LogP contribution in [-0.4, -0.2) is 44.2 Å². The lowest BCUT2D eigenvalue weighted by Crippen LogP contribution is -2.44. The standard InChI is InChI=1S/C11H21N3O3/c1-8-2-3-9(6-14-8)11(16)13-4-5-17-7-10(12)15/h8-9,14H,2-7H2,1H3,(H2,12,15)(H,13,16). The first-order valence-corrected chi connectivity index (χ1v) is 5.96. The Bertz CT molecular complexity index is 263. The number of carbonyl (C=O) groups excluding carboxylic acids is 2. The monoisotopic (exact) mass is 243 g/mol. The molecule has 0 spiro atoms. The van der Waals surface area contributed by atoms with Crippen molar-refractivity contribution in [2.24, 2.45) is 11.7 Å². The average Bonchev–Trinajstić information content (AvgIpc) is 2.29. The molecule has 0 aromatic rings. The summed E-state index contributed by atoms with van der Waals surface area (Å²) in [4.78, 5) is 22.1. The van der Waals surface area contributed by atoms with Crippen molar-refractivity contribution in [3.63, 3.8) is 0 Å². The van der Waals surface area contributed by atoms with Crippen molar-refractivity contribution in [1.29, 1.82) is 0 Å². The third kappa shape index (κ3) is 5.65. The summed E-state index contributed by atoms with van der Waals surface area (Å²) in [7, 11) is 0. The zero-order valence-corrected chi connectivity index (χ0v) is 10.2. The lowest BCUT2D eigenvalue weighted by atomic mass is 9.95. The van der Waals surface area contributed by atoms with Crippen LogP contribution in [0.25, 0.3) is 0 Å². The van der Waals surface area contributed by atoms with Crippen molar-refractivity contribution >= 4 is 11.8 Å². The first kappa shape index (κ1) is 13.9. The molecule has 1 aliphatic heterocycles. The van der Waals surface area contributed by atoms with E-state index >= 15 is 0 Å². The molecule has 2 unspecified atom stereocenters. The molecule has 6 heteroatoms. The van der Waals surface area contributed by atoms with Gasteiger partial charge >= 0.3 is 0 Å². The lowest BCUT2D eigenvalue weighted by Gasteiger charge is -2.26. The molecule has 0 bridgehead atoms. The molecule has 1 fully saturated rings. The Kier molecular flexibility index (Phi) is 5.93. The van der Waals surface area contributed by atoms with Crippen molar-refractivity contribution in [1.82, 2.24) is 10.6 Å². The van der Waals surface area contributed by atoms with Gasteiger partial charge in [0.15, 0.2) is 0 Å². The largest absolute Gasteiger partial charge is 0.370 e. The van der Waals surface area contributed by atoms with E-state index in [4.69, 9.17) is 10.5 Å². The molecule has 4 N–H and O–H groups in total. The van der Waals surface area contributed by atoms with E-state index < -0.39 is 5.91 Å². The Hall–Kier alpha value is -1.14. The van der Waals surface area contributed by atoms with Crippen LogP contribution in [-0.2, 0) is 14.3 Å². The number of primary amides is 1. The number of amides is 2. The highest BCUT2D eigenvalue weighted by molar-refractivity contribution is 5.79. The summed E-state index contributed by atoms with van der Waals surface area (Å²) in [6, 6.07) is 0.498. The van der Waals surface area contributed by atoms with E-state index in [1.165, 1.54) is 0 Å². The van der Waals surface area contributed by atoms with Crippen LogP contribution >= 0.6 is 0 Å². The van der Waals surface area contributed by atoms with Crippen LogP contribution in [0.1, 0.15) is 19.8 Å². The molecule has 1 rings (SSSR count). The molecule has 6 nitrogen and oxygen atoms in total. The zero-order chi connectivity index (χ0) is 12.7. The molecular weight excluding hydrogens is 222 g/mol. The lowest BCUT2D eigenvalue weighted by molar-refractivity contribution is -0.126. The quantitative estimate of drug-likeness (QED) is 0.521. The molecule has 2 amide bonds. The van der Waals surface area contributed by atoms with E-state index in [0.717, 1.165) is 19.4 Å². The van der Waals surface area contributed by atoms with E-state index in [1.807, 2.05) is 0 Å². The second-order valence-electron chi connectivity index (χ2n) is 4.39. The molecule has 1 aliphatic rings. The smallest absolute Gasteiger partial charge is 0.243 e. The predicted octanol–water partition coefficient (Wildman–Crippen LogP) is -1.01. The number of hydrogen-bond acceptors (Lipinski definition) is 4. The van der Waals surface area contributed by atoms with Crippen molar-refractivity contribution in [3.05, 3.63) is 0 Å². The molecule has 0 radical (unpaired) electrons. The van der Waals surface area contributed by atoms with Gasteiger partial charge in [0, 0.05) is 19.1 Å². The first-order valence-electron chi connectivity index (χ1n) is 5.96. The van der Waals surface area contributed by atoms with Gasteiger partial charge in [-0.3, -0.25) is 9.59 Å².